The maximum Gasteiger partial charge on any atom is 0.126 e. The summed E-state index contributed by atoms with van der Waals surface area (Å²) in [7, 11) is 1.66. The molecule has 3 nitrogen and oxygen atoms in total. The fourth-order valence-electron chi connectivity index (χ4n) is 2.53. The van der Waals surface area contributed by atoms with E-state index < -0.39 is 5.60 Å². The number of benzene rings is 1. The number of aliphatic hydroxyl groups is 1. The zero-order chi connectivity index (χ0) is 13.5. The molecule has 1 aromatic heterocycles. The Morgan fingerprint density at radius 3 is 2.95 bits per heavy atom. The summed E-state index contributed by atoms with van der Waals surface area (Å²) >= 11 is 4.85. The van der Waals surface area contributed by atoms with Crippen molar-refractivity contribution in [2.75, 3.05) is 7.11 Å². The highest BCUT2D eigenvalue weighted by Gasteiger charge is 2.36. The maximum atomic E-state index is 10.9. The molecule has 19 heavy (non-hydrogen) atoms. The van der Waals surface area contributed by atoms with Crippen LogP contribution in [0.15, 0.2) is 28.2 Å². The Hall–Kier alpha value is -0.910. The van der Waals surface area contributed by atoms with Crippen LogP contribution >= 0.6 is 27.3 Å². The van der Waals surface area contributed by atoms with E-state index in [0.717, 1.165) is 27.3 Å². The Morgan fingerprint density at radius 1 is 1.42 bits per heavy atom. The van der Waals surface area contributed by atoms with Gasteiger partial charge in [0, 0.05) is 11.8 Å². The number of rotatable bonds is 2. The van der Waals surface area contributed by atoms with Gasteiger partial charge in [0.05, 0.1) is 7.11 Å². The lowest BCUT2D eigenvalue weighted by Gasteiger charge is -2.32. The van der Waals surface area contributed by atoms with Crippen LogP contribution in [0.1, 0.15) is 22.6 Å². The lowest BCUT2D eigenvalue weighted by atomic mass is 9.81. The molecule has 1 aliphatic rings. The smallest absolute Gasteiger partial charge is 0.126 e. The number of aromatic nitrogens is 1. The van der Waals surface area contributed by atoms with Crippen molar-refractivity contribution in [3.8, 4) is 5.75 Å². The lowest BCUT2D eigenvalue weighted by molar-refractivity contribution is 0.0219. The van der Waals surface area contributed by atoms with Crippen LogP contribution in [0.4, 0.5) is 0 Å². The SMILES string of the molecule is COc1ccc2c(c1)CC(O)(c1nc(Br)cs1)CC2. The minimum absolute atomic E-state index is 0.597. The Balaban J connectivity index is 1.96. The fourth-order valence-corrected chi connectivity index (χ4v) is 3.91. The first-order valence-electron chi connectivity index (χ1n) is 6.10. The highest BCUT2D eigenvalue weighted by atomic mass is 79.9. The largest absolute Gasteiger partial charge is 0.497 e. The number of fused-ring (bicyclic) bond motifs is 1. The Labute approximate surface area is 124 Å². The maximum absolute atomic E-state index is 10.9. The van der Waals surface area contributed by atoms with E-state index in [0.29, 0.717) is 12.8 Å². The summed E-state index contributed by atoms with van der Waals surface area (Å²) in [5, 5.41) is 13.5. The van der Waals surface area contributed by atoms with E-state index in [9.17, 15) is 5.11 Å². The van der Waals surface area contributed by atoms with Gasteiger partial charge in [-0.2, -0.15) is 0 Å². The number of hydrogen-bond donors (Lipinski definition) is 1. The summed E-state index contributed by atoms with van der Waals surface area (Å²) in [6.45, 7) is 0. The number of methoxy groups -OCH3 is 1. The molecule has 1 unspecified atom stereocenters. The Bertz CT molecular complexity index is 613. The van der Waals surface area contributed by atoms with Gasteiger partial charge in [0.25, 0.3) is 0 Å². The van der Waals surface area contributed by atoms with Gasteiger partial charge < -0.3 is 9.84 Å². The molecule has 3 rings (SSSR count). The molecule has 0 amide bonds. The molecule has 1 heterocycles. The molecular weight excluding hydrogens is 326 g/mol. The fraction of sp³-hybridized carbons (Fsp3) is 0.357. The minimum Gasteiger partial charge on any atom is -0.497 e. The van der Waals surface area contributed by atoms with E-state index in [-0.39, 0.29) is 0 Å². The second-order valence-electron chi connectivity index (χ2n) is 4.82. The van der Waals surface area contributed by atoms with Crippen molar-refractivity contribution in [1.29, 1.82) is 0 Å². The Morgan fingerprint density at radius 2 is 2.26 bits per heavy atom. The van der Waals surface area contributed by atoms with Crippen LogP contribution in [0.2, 0.25) is 0 Å². The van der Waals surface area contributed by atoms with Crippen molar-refractivity contribution in [1.82, 2.24) is 4.98 Å². The number of ether oxygens (including phenoxy) is 1. The molecule has 1 aliphatic carbocycles. The van der Waals surface area contributed by atoms with E-state index in [1.165, 1.54) is 16.9 Å². The summed E-state index contributed by atoms with van der Waals surface area (Å²) < 4.78 is 6.05. The average Bonchev–Trinajstić information content (AvgIpc) is 2.85. The van der Waals surface area contributed by atoms with Crippen LogP contribution in [-0.2, 0) is 18.4 Å². The third-order valence-electron chi connectivity index (χ3n) is 3.58. The second kappa shape index (κ2) is 4.89. The van der Waals surface area contributed by atoms with Gasteiger partial charge in [-0.15, -0.1) is 11.3 Å². The summed E-state index contributed by atoms with van der Waals surface area (Å²) in [5.41, 5.74) is 1.59. The number of hydrogen-bond acceptors (Lipinski definition) is 4. The molecule has 0 fully saturated rings. The quantitative estimate of drug-likeness (QED) is 0.912. The molecule has 1 N–H and O–H groups in total. The van der Waals surface area contributed by atoms with E-state index in [1.54, 1.807) is 7.11 Å². The lowest BCUT2D eigenvalue weighted by Crippen LogP contribution is -2.33. The second-order valence-corrected chi connectivity index (χ2v) is 6.49. The van der Waals surface area contributed by atoms with Gasteiger partial charge in [0.15, 0.2) is 0 Å². The number of nitrogens with zero attached hydrogens (tertiary/aromatic N) is 1. The molecule has 0 saturated carbocycles. The van der Waals surface area contributed by atoms with Crippen LogP contribution in [0.5, 0.6) is 5.75 Å². The first-order chi connectivity index (χ1) is 9.10. The highest BCUT2D eigenvalue weighted by molar-refractivity contribution is 9.10. The normalized spacial score (nSPS) is 22.1. The average molecular weight is 340 g/mol. The van der Waals surface area contributed by atoms with Crippen molar-refractivity contribution in [2.45, 2.75) is 24.9 Å². The molecule has 1 aromatic carbocycles. The zero-order valence-corrected chi connectivity index (χ0v) is 12.9. The molecule has 0 saturated heterocycles. The topological polar surface area (TPSA) is 42.4 Å². The van der Waals surface area contributed by atoms with Crippen molar-refractivity contribution in [2.24, 2.45) is 0 Å². The molecule has 100 valence electrons. The molecule has 2 aromatic rings. The van der Waals surface area contributed by atoms with E-state index >= 15 is 0 Å². The van der Waals surface area contributed by atoms with Crippen LogP contribution in [-0.4, -0.2) is 17.2 Å². The first kappa shape index (κ1) is 13.1. The summed E-state index contributed by atoms with van der Waals surface area (Å²) in [4.78, 5) is 4.38. The number of aryl methyl sites for hydroxylation is 1. The number of thiazole rings is 1. The molecule has 0 spiro atoms. The van der Waals surface area contributed by atoms with Gasteiger partial charge in [-0.05, 0) is 52.0 Å². The predicted octanol–water partition coefficient (Wildman–Crippen LogP) is 3.29. The van der Waals surface area contributed by atoms with Gasteiger partial charge in [0.1, 0.15) is 21.0 Å². The Kier molecular flexibility index (Phi) is 3.37. The third-order valence-corrected chi connectivity index (χ3v) is 5.32. The standard InChI is InChI=1S/C14H14BrNO2S/c1-18-11-3-2-9-4-5-14(17,7-10(9)6-11)13-16-12(15)8-19-13/h2-3,6,8,17H,4-5,7H2,1H3. The van der Waals surface area contributed by atoms with E-state index in [4.69, 9.17) is 4.74 Å². The number of halogens is 1. The molecule has 1 atom stereocenters. The van der Waals surface area contributed by atoms with Crippen molar-refractivity contribution in [3.05, 3.63) is 44.3 Å². The van der Waals surface area contributed by atoms with Crippen LogP contribution in [0.3, 0.4) is 0 Å². The molecular formula is C14H14BrNO2S. The van der Waals surface area contributed by atoms with Crippen LogP contribution in [0.25, 0.3) is 0 Å². The predicted molar refractivity (Wildman–Crippen MR) is 78.7 cm³/mol. The van der Waals surface area contributed by atoms with Crippen molar-refractivity contribution in [3.63, 3.8) is 0 Å². The molecule has 0 aliphatic heterocycles. The van der Waals surface area contributed by atoms with Gasteiger partial charge in [-0.3, -0.25) is 0 Å². The molecule has 0 radical (unpaired) electrons. The highest BCUT2D eigenvalue weighted by Crippen LogP contribution is 2.39. The van der Waals surface area contributed by atoms with Gasteiger partial charge in [-0.1, -0.05) is 6.07 Å². The summed E-state index contributed by atoms with van der Waals surface area (Å²) in [5.74, 6) is 0.836. The zero-order valence-electron chi connectivity index (χ0n) is 10.5. The van der Waals surface area contributed by atoms with Gasteiger partial charge in [-0.25, -0.2) is 4.98 Å². The van der Waals surface area contributed by atoms with Crippen molar-refractivity contribution < 1.29 is 9.84 Å². The van der Waals surface area contributed by atoms with Gasteiger partial charge >= 0.3 is 0 Å². The van der Waals surface area contributed by atoms with Crippen LogP contribution < -0.4 is 4.74 Å². The summed E-state index contributed by atoms with van der Waals surface area (Å²) in [6.07, 6.45) is 2.18. The summed E-state index contributed by atoms with van der Waals surface area (Å²) in [6, 6.07) is 6.08. The third kappa shape index (κ3) is 2.42. The van der Waals surface area contributed by atoms with Crippen molar-refractivity contribution >= 4 is 27.3 Å². The minimum atomic E-state index is -0.851. The molecule has 5 heteroatoms. The van der Waals surface area contributed by atoms with E-state index in [1.807, 2.05) is 17.5 Å². The first-order valence-corrected chi connectivity index (χ1v) is 7.78. The monoisotopic (exact) mass is 339 g/mol. The van der Waals surface area contributed by atoms with Gasteiger partial charge in [0.2, 0.25) is 0 Å². The van der Waals surface area contributed by atoms with Crippen LogP contribution in [0, 0.1) is 0 Å². The van der Waals surface area contributed by atoms with E-state index in [2.05, 4.69) is 27.0 Å². The molecule has 0 bridgehead atoms.